The van der Waals surface area contributed by atoms with Crippen LogP contribution in [0.4, 0.5) is 0 Å². The van der Waals surface area contributed by atoms with Crippen LogP contribution in [-0.2, 0) is 5.41 Å². The zero-order valence-corrected chi connectivity index (χ0v) is 11.8. The van der Waals surface area contributed by atoms with Crippen molar-refractivity contribution in [3.8, 4) is 5.75 Å². The highest BCUT2D eigenvalue weighted by atomic mass is 32.1. The average molecular weight is 238 g/mol. The van der Waals surface area contributed by atoms with E-state index in [4.69, 9.17) is 4.74 Å². The fourth-order valence-electron chi connectivity index (χ4n) is 1.70. The third-order valence-corrected chi connectivity index (χ3v) is 3.82. The van der Waals surface area contributed by atoms with Crippen molar-refractivity contribution in [3.05, 3.63) is 29.3 Å². The molecular weight excluding hydrogens is 216 g/mol. The van der Waals surface area contributed by atoms with Gasteiger partial charge in [0.2, 0.25) is 0 Å². The summed E-state index contributed by atoms with van der Waals surface area (Å²) in [5, 5.41) is 0. The lowest BCUT2D eigenvalue weighted by Crippen LogP contribution is -2.19. The first kappa shape index (κ1) is 13.4. The van der Waals surface area contributed by atoms with Crippen molar-refractivity contribution < 1.29 is 4.74 Å². The molecule has 0 aliphatic heterocycles. The van der Waals surface area contributed by atoms with Gasteiger partial charge < -0.3 is 4.74 Å². The zero-order valence-electron chi connectivity index (χ0n) is 10.9. The van der Waals surface area contributed by atoms with Gasteiger partial charge in [0, 0.05) is 0 Å². The van der Waals surface area contributed by atoms with Crippen molar-refractivity contribution in [2.24, 2.45) is 0 Å². The molecule has 0 aliphatic carbocycles. The second-order valence-electron chi connectivity index (χ2n) is 5.15. The Morgan fingerprint density at radius 3 is 2.38 bits per heavy atom. The molecule has 0 saturated heterocycles. The van der Waals surface area contributed by atoms with Crippen LogP contribution in [0.25, 0.3) is 0 Å². The molecule has 0 aliphatic rings. The smallest absolute Gasteiger partial charge is 0.122 e. The zero-order chi connectivity index (χ0) is 12.3. The molecule has 0 N–H and O–H groups in total. The summed E-state index contributed by atoms with van der Waals surface area (Å²) in [5.41, 5.74) is 2.71. The van der Waals surface area contributed by atoms with Gasteiger partial charge in [-0.25, -0.2) is 0 Å². The molecule has 2 heteroatoms. The highest BCUT2D eigenvalue weighted by molar-refractivity contribution is 7.80. The number of hydrogen-bond donors (Lipinski definition) is 1. The quantitative estimate of drug-likeness (QED) is 0.779. The topological polar surface area (TPSA) is 9.23 Å². The second-order valence-corrected chi connectivity index (χ2v) is 5.47. The maximum absolute atomic E-state index is 5.39. The molecule has 90 valence electrons. The number of ether oxygens (including phenoxy) is 1. The monoisotopic (exact) mass is 238 g/mol. The minimum Gasteiger partial charge on any atom is -0.496 e. The van der Waals surface area contributed by atoms with E-state index in [9.17, 15) is 0 Å². The molecule has 0 bridgehead atoms. The molecule has 0 atom stereocenters. The van der Waals surface area contributed by atoms with Crippen molar-refractivity contribution in [3.63, 3.8) is 0 Å². The predicted molar refractivity (Wildman–Crippen MR) is 74.0 cm³/mol. The summed E-state index contributed by atoms with van der Waals surface area (Å²) < 4.78 is 5.39. The third-order valence-electron chi connectivity index (χ3n) is 3.03. The van der Waals surface area contributed by atoms with E-state index in [1.165, 1.54) is 11.1 Å². The van der Waals surface area contributed by atoms with E-state index in [-0.39, 0.29) is 5.41 Å². The molecule has 1 aromatic rings. The van der Waals surface area contributed by atoms with Crippen molar-refractivity contribution in [1.82, 2.24) is 0 Å². The van der Waals surface area contributed by atoms with Crippen molar-refractivity contribution in [2.45, 2.75) is 39.0 Å². The molecule has 1 nitrogen and oxygen atoms in total. The first-order valence-corrected chi connectivity index (χ1v) is 6.35. The van der Waals surface area contributed by atoms with E-state index in [1.54, 1.807) is 7.11 Å². The van der Waals surface area contributed by atoms with Gasteiger partial charge >= 0.3 is 0 Å². The van der Waals surface area contributed by atoms with E-state index < -0.39 is 0 Å². The molecule has 0 fully saturated rings. The van der Waals surface area contributed by atoms with Gasteiger partial charge in [-0.2, -0.15) is 12.6 Å². The van der Waals surface area contributed by atoms with Crippen LogP contribution >= 0.6 is 12.6 Å². The van der Waals surface area contributed by atoms with Crippen molar-refractivity contribution >= 4 is 12.6 Å². The lowest BCUT2D eigenvalue weighted by molar-refractivity contribution is 0.407. The molecule has 0 aromatic heterocycles. The summed E-state index contributed by atoms with van der Waals surface area (Å²) in [4.78, 5) is 0. The molecule has 0 heterocycles. The Labute approximate surface area is 105 Å². The summed E-state index contributed by atoms with van der Waals surface area (Å²) in [6, 6.07) is 6.45. The van der Waals surface area contributed by atoms with Gasteiger partial charge in [0.1, 0.15) is 5.75 Å². The van der Waals surface area contributed by atoms with Gasteiger partial charge in [0.15, 0.2) is 0 Å². The Morgan fingerprint density at radius 2 is 1.94 bits per heavy atom. The van der Waals surface area contributed by atoms with Crippen molar-refractivity contribution in [1.29, 1.82) is 0 Å². The molecule has 0 unspecified atom stereocenters. The summed E-state index contributed by atoms with van der Waals surface area (Å²) in [6.45, 7) is 8.81. The normalized spacial score (nSPS) is 11.9. The van der Waals surface area contributed by atoms with Crippen LogP contribution in [-0.4, -0.2) is 12.9 Å². The first-order chi connectivity index (χ1) is 7.42. The molecule has 0 spiro atoms. The average Bonchev–Trinajstić information content (AvgIpc) is 2.28. The van der Waals surface area contributed by atoms with E-state index in [0.29, 0.717) is 5.92 Å². The van der Waals surface area contributed by atoms with Gasteiger partial charge in [-0.05, 0) is 34.3 Å². The maximum Gasteiger partial charge on any atom is 0.122 e. The van der Waals surface area contributed by atoms with Crippen LogP contribution in [0.5, 0.6) is 5.75 Å². The molecular formula is C14H22OS. The maximum atomic E-state index is 5.39. The van der Waals surface area contributed by atoms with E-state index in [1.807, 2.05) is 0 Å². The second kappa shape index (κ2) is 5.13. The summed E-state index contributed by atoms with van der Waals surface area (Å²) >= 11 is 4.42. The molecule has 1 rings (SSSR count). The van der Waals surface area contributed by atoms with Crippen LogP contribution in [0, 0.1) is 0 Å². The number of rotatable bonds is 4. The van der Waals surface area contributed by atoms with Crippen LogP contribution in [0.1, 0.15) is 44.7 Å². The van der Waals surface area contributed by atoms with Crippen LogP contribution < -0.4 is 4.74 Å². The molecule has 0 saturated carbocycles. The highest BCUT2D eigenvalue weighted by Gasteiger charge is 2.20. The van der Waals surface area contributed by atoms with Crippen LogP contribution in [0.15, 0.2) is 18.2 Å². The lowest BCUT2D eigenvalue weighted by atomic mass is 9.84. The lowest BCUT2D eigenvalue weighted by Gasteiger charge is -2.25. The standard InChI is InChI=1S/C14H22OS/c1-10(2)12-8-11(14(3,4)9-16)6-7-13(12)15-5/h6-8,10,16H,9H2,1-5H3. The Balaban J connectivity index is 3.22. The van der Waals surface area contributed by atoms with Gasteiger partial charge in [0.05, 0.1) is 7.11 Å². The molecule has 0 amide bonds. The van der Waals surface area contributed by atoms with Gasteiger partial charge in [-0.15, -0.1) is 0 Å². The van der Waals surface area contributed by atoms with E-state index in [0.717, 1.165) is 11.5 Å². The van der Waals surface area contributed by atoms with Gasteiger partial charge in [0.25, 0.3) is 0 Å². The Morgan fingerprint density at radius 1 is 1.31 bits per heavy atom. The number of thiol groups is 1. The fourth-order valence-corrected chi connectivity index (χ4v) is 1.88. The number of benzene rings is 1. The van der Waals surface area contributed by atoms with Gasteiger partial charge in [-0.3, -0.25) is 0 Å². The summed E-state index contributed by atoms with van der Waals surface area (Å²) in [5.74, 6) is 2.30. The van der Waals surface area contributed by atoms with E-state index in [2.05, 4.69) is 58.5 Å². The minimum absolute atomic E-state index is 0.110. The van der Waals surface area contributed by atoms with Crippen molar-refractivity contribution in [2.75, 3.05) is 12.9 Å². The van der Waals surface area contributed by atoms with Gasteiger partial charge in [-0.1, -0.05) is 39.8 Å². The fraction of sp³-hybridized carbons (Fsp3) is 0.571. The molecule has 16 heavy (non-hydrogen) atoms. The van der Waals surface area contributed by atoms with Crippen LogP contribution in [0.3, 0.4) is 0 Å². The summed E-state index contributed by atoms with van der Waals surface area (Å²) in [6.07, 6.45) is 0. The largest absolute Gasteiger partial charge is 0.496 e. The third kappa shape index (κ3) is 2.73. The Kier molecular flexibility index (Phi) is 4.31. The highest BCUT2D eigenvalue weighted by Crippen LogP contribution is 2.32. The van der Waals surface area contributed by atoms with Crippen LogP contribution in [0.2, 0.25) is 0 Å². The molecule has 1 aromatic carbocycles. The minimum atomic E-state index is 0.110. The first-order valence-electron chi connectivity index (χ1n) is 5.71. The Bertz CT molecular complexity index is 356. The number of hydrogen-bond acceptors (Lipinski definition) is 2. The predicted octanol–water partition coefficient (Wildman–Crippen LogP) is 4.03. The summed E-state index contributed by atoms with van der Waals surface area (Å²) in [7, 11) is 1.73. The number of methoxy groups -OCH3 is 1. The SMILES string of the molecule is COc1ccc(C(C)(C)CS)cc1C(C)C. The Hall–Kier alpha value is -0.630. The van der Waals surface area contributed by atoms with E-state index >= 15 is 0 Å². The molecule has 0 radical (unpaired) electrons.